The summed E-state index contributed by atoms with van der Waals surface area (Å²) in [5, 5.41) is 301. The van der Waals surface area contributed by atoms with E-state index in [4.69, 9.17) is 33.2 Å². The molecule has 0 saturated heterocycles. The number of fused-ring (bicyclic) bond motifs is 5. The molecule has 0 aliphatic carbocycles. The lowest BCUT2D eigenvalue weighted by atomic mass is 9.93. The van der Waals surface area contributed by atoms with Crippen LogP contribution in [0.15, 0.2) is 164 Å². The van der Waals surface area contributed by atoms with E-state index < -0.39 is 148 Å². The molecule has 17 rings (SSSR count). The molecule has 0 spiro atoms. The van der Waals surface area contributed by atoms with Gasteiger partial charge in [-0.15, -0.1) is 0 Å². The number of hydrogen-bond donors (Lipinski definition) is 31. The first-order valence-corrected chi connectivity index (χ1v) is 38.0. The van der Waals surface area contributed by atoms with E-state index in [9.17, 15) is 168 Å². The van der Waals surface area contributed by atoms with Gasteiger partial charge in [0, 0.05) is 137 Å². The molecule has 0 aromatic heterocycles. The van der Waals surface area contributed by atoms with Crippen molar-refractivity contribution in [2.24, 2.45) is 0 Å². The minimum Gasteiger partial charge on any atom is -0.508 e. The maximum absolute atomic E-state index is 12.7. The van der Waals surface area contributed by atoms with Crippen molar-refractivity contribution in [3.63, 3.8) is 0 Å². The zero-order valence-electron chi connectivity index (χ0n) is 65.9. The molecular weight excluding hydrogens is 1710 g/mol. The van der Waals surface area contributed by atoms with E-state index in [2.05, 4.69) is 0 Å². The van der Waals surface area contributed by atoms with Crippen LogP contribution in [0.3, 0.4) is 0 Å². The number of rotatable bonds is 9. The second-order valence-corrected chi connectivity index (χ2v) is 29.8. The molecule has 0 unspecified atom stereocenters. The molecule has 674 valence electrons. The average Bonchev–Trinajstić information content (AvgIpc) is 0.802. The first-order valence-electron chi connectivity index (χ1n) is 38.0. The van der Waals surface area contributed by atoms with Crippen LogP contribution in [0.2, 0.25) is 0 Å². The number of aliphatic hydroxyl groups excluding tert-OH is 3. The number of aliphatic hydroxyl groups is 3. The molecule has 10 atom stereocenters. The molecule has 0 saturated carbocycles. The van der Waals surface area contributed by atoms with Gasteiger partial charge in [-0.2, -0.15) is 0 Å². The van der Waals surface area contributed by atoms with Gasteiger partial charge in [0.2, 0.25) is 0 Å². The van der Waals surface area contributed by atoms with E-state index in [0.29, 0.717) is 33.4 Å². The highest BCUT2D eigenvalue weighted by Gasteiger charge is 2.42. The lowest BCUT2D eigenvalue weighted by Crippen LogP contribution is -2.34. The Hall–Kier alpha value is -17.1. The van der Waals surface area contributed by atoms with Crippen LogP contribution in [-0.2, 0) is 41.6 Å². The summed E-state index contributed by atoms with van der Waals surface area (Å²) in [5.41, 5.74) is 2.69. The van der Waals surface area contributed by atoms with Crippen molar-refractivity contribution in [2.45, 2.75) is 93.1 Å². The van der Waals surface area contributed by atoms with Gasteiger partial charge in [-0.25, -0.2) is 9.59 Å². The van der Waals surface area contributed by atoms with E-state index in [1.165, 1.54) is 97.1 Å². The largest absolute Gasteiger partial charge is 0.508 e. The van der Waals surface area contributed by atoms with Crippen molar-refractivity contribution in [3.8, 4) is 190 Å². The SMILES string of the molecule is O=C(O[C@@H]1Cc2c(O)cc(O)cc2O[C@@H]1c1cc(O)c(O)c(O)c1)c1cc(O)c(O)c(O)c1.O=C(O[C@@H]1Cc2c(O)cc(O)cc2O[C@@H]1c1ccc(O)c(O)c1)c1cc(O)c(O)c(O)c1.Oc1cc(O)c2c(c1)O[C@H](c1cc(O)c(O)c(O)c1)[C@H](O)C2.Oc1cc(O)c2c(c1)O[C@H](c1ccc(O)c(O)c1)[C@@H](O)C2.Oc1cc(O)c2c(c1)O[C@H](c1ccc(O)c(O)c1)[C@H](O)C2. The fourth-order valence-corrected chi connectivity index (χ4v) is 14.5. The summed E-state index contributed by atoms with van der Waals surface area (Å²) in [4.78, 5) is 25.4. The zero-order chi connectivity index (χ0) is 93.5. The highest BCUT2D eigenvalue weighted by atomic mass is 16.6. The van der Waals surface area contributed by atoms with E-state index >= 15 is 0 Å². The number of esters is 2. The minimum absolute atomic E-state index is 0.0461. The summed E-state index contributed by atoms with van der Waals surface area (Å²) in [7, 11) is 0. The first-order chi connectivity index (χ1) is 60.9. The number of ether oxygens (including phenoxy) is 7. The van der Waals surface area contributed by atoms with Crippen molar-refractivity contribution in [3.05, 3.63) is 231 Å². The summed E-state index contributed by atoms with van der Waals surface area (Å²) >= 11 is 0. The van der Waals surface area contributed by atoms with Crippen LogP contribution in [0, 0.1) is 0 Å². The Bertz CT molecular complexity index is 6140. The van der Waals surface area contributed by atoms with Gasteiger partial charge in [-0.1, -0.05) is 18.2 Å². The predicted octanol–water partition coefficient (Wildman–Crippen LogP) is 9.10. The monoisotopic (exact) mass is 1790 g/mol. The Kier molecular flexibility index (Phi) is 25.0. The quantitative estimate of drug-likeness (QED) is 0.0473. The Morgan fingerprint density at radius 1 is 0.217 bits per heavy atom. The van der Waals surface area contributed by atoms with Crippen LogP contribution in [0.4, 0.5) is 0 Å². The third-order valence-corrected chi connectivity index (χ3v) is 20.8. The van der Waals surface area contributed by atoms with Crippen LogP contribution in [0.25, 0.3) is 0 Å². The molecule has 0 radical (unpaired) electrons. The number of carbonyl (C=O) groups excluding carboxylic acids is 2. The van der Waals surface area contributed by atoms with Crippen molar-refractivity contribution in [1.29, 1.82) is 0 Å². The summed E-state index contributed by atoms with van der Waals surface area (Å²) in [6.45, 7) is 0. The second kappa shape index (κ2) is 36.0. The van der Waals surface area contributed by atoms with E-state index in [0.717, 1.165) is 66.7 Å². The summed E-state index contributed by atoms with van der Waals surface area (Å²) in [6, 6.07) is 32.4. The lowest BCUT2D eigenvalue weighted by Gasteiger charge is -2.34. The van der Waals surface area contributed by atoms with Gasteiger partial charge in [-0.05, 0) is 96.1 Å². The standard InChI is InChI=1S/C22H18O11.C22H18O10.C15H14O7.2C15H14O6/c23-10-5-12(24)11-7-18(33-22(31)9-3-15(27)20(30)16(28)4-9)21(32-17(11)6-10)8-1-13(25)19(29)14(26)2-8;23-11-6-14(25)12-8-19(32-22(30)10-4-16(27)20(29)17(28)5-10)21(31-18(12)7-11)9-1-2-13(24)15(26)3-9;16-7-3-9(17)8-5-12(20)15(22-13(8)4-7)6-1-10(18)14(21)11(19)2-6;2*16-8-4-11(18)9-6-13(20)15(21-14(9)5-8)7-1-2-10(17)12(19)3-7/h1-6,18,21,23-30H,7H2;1-7,19,21,23-29H,8H2;1-4,12,15-21H,5H2;2*1-5,13,15-20H,6H2/t18-,21-;19-,21-;12-,15-;13-,15+;13-,15-/m11101/s1. The molecule has 5 heterocycles. The fourth-order valence-electron chi connectivity index (χ4n) is 14.5. The Morgan fingerprint density at radius 3 is 0.674 bits per heavy atom. The summed E-state index contributed by atoms with van der Waals surface area (Å²) in [5.74, 6) is -13.6. The van der Waals surface area contributed by atoms with Crippen LogP contribution in [0.5, 0.6) is 190 Å². The van der Waals surface area contributed by atoms with Gasteiger partial charge in [0.05, 0.1) is 29.4 Å². The van der Waals surface area contributed by atoms with E-state index in [1.807, 2.05) is 0 Å². The molecule has 0 fully saturated rings. The van der Waals surface area contributed by atoms with E-state index in [1.54, 1.807) is 0 Å². The molecule has 0 amide bonds. The third-order valence-electron chi connectivity index (χ3n) is 20.8. The predicted molar refractivity (Wildman–Crippen MR) is 436 cm³/mol. The normalized spacial score (nSPS) is 18.8. The number of carbonyl (C=O) groups is 2. The second-order valence-electron chi connectivity index (χ2n) is 29.8. The van der Waals surface area contributed by atoms with E-state index in [-0.39, 0.29) is 180 Å². The Labute approximate surface area is 723 Å². The van der Waals surface area contributed by atoms with Crippen LogP contribution < -0.4 is 23.7 Å². The molecule has 5 aliphatic heterocycles. The van der Waals surface area contributed by atoms with Gasteiger partial charge in [-0.3, -0.25) is 0 Å². The highest BCUT2D eigenvalue weighted by molar-refractivity contribution is 5.92. The Morgan fingerprint density at radius 2 is 0.419 bits per heavy atom. The molecule has 40 nitrogen and oxygen atoms in total. The molecule has 129 heavy (non-hydrogen) atoms. The maximum Gasteiger partial charge on any atom is 0.338 e. The zero-order valence-corrected chi connectivity index (χ0v) is 65.9. The highest BCUT2D eigenvalue weighted by Crippen LogP contribution is 2.52. The van der Waals surface area contributed by atoms with Crippen molar-refractivity contribution < 1.29 is 201 Å². The first kappa shape index (κ1) is 89.6. The minimum atomic E-state index is -1.18. The average molecular weight is 1790 g/mol. The van der Waals surface area contributed by atoms with Crippen molar-refractivity contribution >= 4 is 11.9 Å². The molecular formula is C89H78O40. The number of phenolic OH excluding ortho intramolecular Hbond substituents is 28. The van der Waals surface area contributed by atoms with Gasteiger partial charge < -0.3 is 191 Å². The van der Waals surface area contributed by atoms with Gasteiger partial charge in [0.15, 0.2) is 122 Å². The van der Waals surface area contributed by atoms with Gasteiger partial charge >= 0.3 is 11.9 Å². The number of hydrogen-bond acceptors (Lipinski definition) is 40. The molecule has 0 bridgehead atoms. The topological polar surface area (TPSA) is 726 Å². The summed E-state index contributed by atoms with van der Waals surface area (Å²) < 4.78 is 39.5. The molecule has 12 aromatic carbocycles. The van der Waals surface area contributed by atoms with Crippen LogP contribution >= 0.6 is 0 Å². The molecule has 31 N–H and O–H groups in total. The van der Waals surface area contributed by atoms with Gasteiger partial charge in [0.1, 0.15) is 111 Å². The van der Waals surface area contributed by atoms with Crippen LogP contribution in [-0.4, -0.2) is 201 Å². The number of phenols is 28. The maximum atomic E-state index is 12.7. The fraction of sp³-hybridized carbons (Fsp3) is 0.169. The smallest absolute Gasteiger partial charge is 0.338 e. The third kappa shape index (κ3) is 19.2. The summed E-state index contributed by atoms with van der Waals surface area (Å²) in [6.07, 6.45) is -9.66. The molecule has 40 heteroatoms. The van der Waals surface area contributed by atoms with Crippen molar-refractivity contribution in [1.82, 2.24) is 0 Å². The van der Waals surface area contributed by atoms with Crippen LogP contribution in [0.1, 0.15) is 107 Å². The molecule has 12 aromatic rings. The lowest BCUT2D eigenvalue weighted by molar-refractivity contribution is -0.0192. The number of aromatic hydroxyl groups is 28. The molecule has 5 aliphatic rings. The van der Waals surface area contributed by atoms with Gasteiger partial charge in [0.25, 0.3) is 0 Å². The number of benzene rings is 12. The van der Waals surface area contributed by atoms with Crippen molar-refractivity contribution in [2.75, 3.05) is 0 Å². The Balaban J connectivity index is 0.000000140.